The van der Waals surface area contributed by atoms with Crippen molar-refractivity contribution in [3.05, 3.63) is 59.7 Å². The van der Waals surface area contributed by atoms with Crippen molar-refractivity contribution in [1.29, 1.82) is 0 Å². The summed E-state index contributed by atoms with van der Waals surface area (Å²) in [5, 5.41) is 7.00. The maximum atomic E-state index is 13.1. The largest absolute Gasteiger partial charge is 0.343 e. The molecule has 2 atom stereocenters. The van der Waals surface area contributed by atoms with E-state index in [4.69, 9.17) is 4.52 Å². The summed E-state index contributed by atoms with van der Waals surface area (Å²) in [4.78, 5) is 36.2. The highest BCUT2D eigenvalue weighted by atomic mass is 16.5. The third-order valence-electron chi connectivity index (χ3n) is 5.93. The molecule has 1 aromatic carbocycles. The molecule has 1 aliphatic rings. The molecule has 8 heteroatoms. The molecule has 1 fully saturated rings. The zero-order valence-electron chi connectivity index (χ0n) is 18.7. The number of aryl methyl sites for hydroxylation is 2. The quantitative estimate of drug-likeness (QED) is 0.596. The van der Waals surface area contributed by atoms with Gasteiger partial charge in [-0.05, 0) is 61.6 Å². The minimum Gasteiger partial charge on any atom is -0.343 e. The summed E-state index contributed by atoms with van der Waals surface area (Å²) in [6.45, 7) is 8.48. The van der Waals surface area contributed by atoms with Crippen LogP contribution in [0.25, 0.3) is 11.4 Å². The van der Waals surface area contributed by atoms with Gasteiger partial charge in [0.05, 0.1) is 0 Å². The minimum atomic E-state index is -0.736. The SMILES string of the molecule is Cc1ccc(N2CCC(C(=O)NC(c3nc(-c4ccncc4)no3)C(C)C)C2=O)cc1C. The van der Waals surface area contributed by atoms with Crippen molar-refractivity contribution in [2.75, 3.05) is 11.4 Å². The Hall–Kier alpha value is -3.55. The molecule has 166 valence electrons. The number of hydrogen-bond acceptors (Lipinski definition) is 6. The molecule has 0 spiro atoms. The second-order valence-corrected chi connectivity index (χ2v) is 8.52. The lowest BCUT2D eigenvalue weighted by Crippen LogP contribution is -2.40. The summed E-state index contributed by atoms with van der Waals surface area (Å²) in [5.41, 5.74) is 3.89. The van der Waals surface area contributed by atoms with E-state index < -0.39 is 12.0 Å². The lowest BCUT2D eigenvalue weighted by atomic mass is 10.0. The number of benzene rings is 1. The summed E-state index contributed by atoms with van der Waals surface area (Å²) in [6, 6.07) is 9.00. The van der Waals surface area contributed by atoms with Crippen LogP contribution in [0, 0.1) is 25.7 Å². The van der Waals surface area contributed by atoms with Crippen molar-refractivity contribution >= 4 is 17.5 Å². The summed E-state index contributed by atoms with van der Waals surface area (Å²) in [5.74, 6) is -0.491. The summed E-state index contributed by atoms with van der Waals surface area (Å²) >= 11 is 0. The minimum absolute atomic E-state index is 0.00273. The van der Waals surface area contributed by atoms with E-state index in [0.717, 1.165) is 16.8 Å². The topological polar surface area (TPSA) is 101 Å². The van der Waals surface area contributed by atoms with Crippen molar-refractivity contribution in [1.82, 2.24) is 20.4 Å². The molecule has 32 heavy (non-hydrogen) atoms. The van der Waals surface area contributed by atoms with Gasteiger partial charge in [0.25, 0.3) is 0 Å². The summed E-state index contributed by atoms with van der Waals surface area (Å²) in [6.07, 6.45) is 3.77. The van der Waals surface area contributed by atoms with Gasteiger partial charge in [0, 0.05) is 30.2 Å². The Morgan fingerprint density at radius 3 is 2.59 bits per heavy atom. The van der Waals surface area contributed by atoms with E-state index in [0.29, 0.717) is 24.7 Å². The summed E-state index contributed by atoms with van der Waals surface area (Å²) < 4.78 is 5.46. The molecule has 0 saturated carbocycles. The number of amides is 2. The van der Waals surface area contributed by atoms with Crippen molar-refractivity contribution in [2.45, 2.75) is 40.2 Å². The Labute approximate surface area is 187 Å². The molecular formula is C24H27N5O3. The molecule has 3 heterocycles. The van der Waals surface area contributed by atoms with Gasteiger partial charge in [-0.1, -0.05) is 25.1 Å². The number of pyridine rings is 1. The van der Waals surface area contributed by atoms with Crippen molar-refractivity contribution in [3.8, 4) is 11.4 Å². The zero-order chi connectivity index (χ0) is 22.8. The fourth-order valence-electron chi connectivity index (χ4n) is 3.82. The van der Waals surface area contributed by atoms with Gasteiger partial charge in [-0.2, -0.15) is 4.98 Å². The molecule has 3 aromatic rings. The first-order chi connectivity index (χ1) is 15.3. The van der Waals surface area contributed by atoms with E-state index >= 15 is 0 Å². The molecule has 0 aliphatic carbocycles. The average molecular weight is 434 g/mol. The lowest BCUT2D eigenvalue weighted by molar-refractivity contribution is -0.133. The number of hydrogen-bond donors (Lipinski definition) is 1. The third kappa shape index (κ3) is 4.26. The van der Waals surface area contributed by atoms with Crippen molar-refractivity contribution in [3.63, 3.8) is 0 Å². The number of anilines is 1. The van der Waals surface area contributed by atoms with Gasteiger partial charge >= 0.3 is 0 Å². The van der Waals surface area contributed by atoms with Crippen LogP contribution >= 0.6 is 0 Å². The molecule has 0 radical (unpaired) electrons. The molecule has 1 saturated heterocycles. The second-order valence-electron chi connectivity index (χ2n) is 8.52. The van der Waals surface area contributed by atoms with Crippen LogP contribution in [0.15, 0.2) is 47.2 Å². The van der Waals surface area contributed by atoms with E-state index in [2.05, 4.69) is 20.4 Å². The molecule has 2 amide bonds. The van der Waals surface area contributed by atoms with Crippen molar-refractivity contribution < 1.29 is 14.1 Å². The third-order valence-corrected chi connectivity index (χ3v) is 5.93. The van der Waals surface area contributed by atoms with Gasteiger partial charge in [-0.15, -0.1) is 0 Å². The van der Waals surface area contributed by atoms with Crippen LogP contribution in [0.2, 0.25) is 0 Å². The van der Waals surface area contributed by atoms with Crippen LogP contribution < -0.4 is 10.2 Å². The molecule has 8 nitrogen and oxygen atoms in total. The summed E-state index contributed by atoms with van der Waals surface area (Å²) in [7, 11) is 0. The molecule has 1 N–H and O–H groups in total. The van der Waals surface area contributed by atoms with E-state index in [9.17, 15) is 9.59 Å². The monoisotopic (exact) mass is 433 g/mol. The van der Waals surface area contributed by atoms with Crippen LogP contribution in [0.4, 0.5) is 5.69 Å². The average Bonchev–Trinajstić information content (AvgIpc) is 3.41. The highest BCUT2D eigenvalue weighted by molar-refractivity contribution is 6.09. The van der Waals surface area contributed by atoms with Crippen LogP contribution in [-0.2, 0) is 9.59 Å². The van der Waals surface area contributed by atoms with E-state index in [1.165, 1.54) is 5.56 Å². The standard InChI is InChI=1S/C24H27N5O3/c1-14(2)20(23-27-21(28-32-23)17-7-10-25-11-8-17)26-22(30)19-9-12-29(24(19)31)18-6-5-15(3)16(4)13-18/h5-8,10-11,13-14,19-20H,9,12H2,1-4H3,(H,26,30). The van der Waals surface area contributed by atoms with E-state index in [1.54, 1.807) is 29.4 Å². The Balaban J connectivity index is 1.48. The van der Waals surface area contributed by atoms with Crippen LogP contribution in [-0.4, -0.2) is 33.5 Å². The molecule has 0 bridgehead atoms. The zero-order valence-corrected chi connectivity index (χ0v) is 18.7. The van der Waals surface area contributed by atoms with E-state index in [1.807, 2.05) is 45.9 Å². The molecule has 2 aromatic heterocycles. The maximum absolute atomic E-state index is 13.1. The highest BCUT2D eigenvalue weighted by Gasteiger charge is 2.39. The Morgan fingerprint density at radius 2 is 1.91 bits per heavy atom. The Bertz CT molecular complexity index is 1130. The Kier molecular flexibility index (Phi) is 6.03. The number of carbonyl (C=O) groups is 2. The van der Waals surface area contributed by atoms with Gasteiger partial charge in [-0.3, -0.25) is 14.6 Å². The highest BCUT2D eigenvalue weighted by Crippen LogP contribution is 2.29. The maximum Gasteiger partial charge on any atom is 0.249 e. The van der Waals surface area contributed by atoms with Crippen LogP contribution in [0.5, 0.6) is 0 Å². The normalized spacial score (nSPS) is 17.1. The number of aromatic nitrogens is 3. The first-order valence-electron chi connectivity index (χ1n) is 10.8. The molecule has 4 rings (SSSR count). The predicted octanol–water partition coefficient (Wildman–Crippen LogP) is 3.61. The molecule has 2 unspecified atom stereocenters. The van der Waals surface area contributed by atoms with Crippen LogP contribution in [0.1, 0.15) is 43.3 Å². The fraction of sp³-hybridized carbons (Fsp3) is 0.375. The number of rotatable bonds is 6. The van der Waals surface area contributed by atoms with Gasteiger partial charge < -0.3 is 14.7 Å². The second kappa shape index (κ2) is 8.90. The fourth-order valence-corrected chi connectivity index (χ4v) is 3.82. The molecular weight excluding hydrogens is 406 g/mol. The first kappa shape index (κ1) is 21.7. The van der Waals surface area contributed by atoms with Crippen LogP contribution in [0.3, 0.4) is 0 Å². The first-order valence-corrected chi connectivity index (χ1v) is 10.8. The van der Waals surface area contributed by atoms with Gasteiger partial charge in [0.15, 0.2) is 0 Å². The number of carbonyl (C=O) groups excluding carboxylic acids is 2. The van der Waals surface area contributed by atoms with Gasteiger partial charge in [0.1, 0.15) is 12.0 Å². The number of nitrogens with zero attached hydrogens (tertiary/aromatic N) is 4. The smallest absolute Gasteiger partial charge is 0.249 e. The van der Waals surface area contributed by atoms with Gasteiger partial charge in [-0.25, -0.2) is 0 Å². The van der Waals surface area contributed by atoms with Gasteiger partial charge in [0.2, 0.25) is 23.5 Å². The Morgan fingerprint density at radius 1 is 1.16 bits per heavy atom. The number of nitrogens with one attached hydrogen (secondary N) is 1. The van der Waals surface area contributed by atoms with Crippen molar-refractivity contribution in [2.24, 2.45) is 11.8 Å². The predicted molar refractivity (Wildman–Crippen MR) is 120 cm³/mol. The van der Waals surface area contributed by atoms with E-state index in [-0.39, 0.29) is 17.7 Å². The molecule has 1 aliphatic heterocycles. The lowest BCUT2D eigenvalue weighted by Gasteiger charge is -2.21.